The third-order valence-corrected chi connectivity index (χ3v) is 4.80. The molecule has 0 radical (unpaired) electrons. The fourth-order valence-corrected chi connectivity index (χ4v) is 3.48. The number of hydrogen-bond acceptors (Lipinski definition) is 5. The minimum absolute atomic E-state index is 0.115. The molecule has 0 bridgehead atoms. The van der Waals surface area contributed by atoms with E-state index in [1.807, 2.05) is 4.90 Å². The Morgan fingerprint density at radius 1 is 1.04 bits per heavy atom. The van der Waals surface area contributed by atoms with Gasteiger partial charge in [-0.3, -0.25) is 9.59 Å². The van der Waals surface area contributed by atoms with Crippen molar-refractivity contribution in [3.63, 3.8) is 0 Å². The number of aromatic nitrogens is 2. The molecule has 1 saturated carbocycles. The van der Waals surface area contributed by atoms with Gasteiger partial charge < -0.3 is 14.9 Å². The highest BCUT2D eigenvalue weighted by Gasteiger charge is 2.34. The Bertz CT molecular complexity index is 558. The van der Waals surface area contributed by atoms with Crippen LogP contribution in [0.15, 0.2) is 18.5 Å². The predicted molar refractivity (Wildman–Crippen MR) is 83.9 cm³/mol. The van der Waals surface area contributed by atoms with Gasteiger partial charge in [0.1, 0.15) is 0 Å². The summed E-state index contributed by atoms with van der Waals surface area (Å²) < 4.78 is 0. The van der Waals surface area contributed by atoms with Gasteiger partial charge in [-0.25, -0.2) is 9.97 Å². The summed E-state index contributed by atoms with van der Waals surface area (Å²) in [6.45, 7) is 2.71. The van der Waals surface area contributed by atoms with E-state index in [0.717, 1.165) is 12.8 Å². The Labute approximate surface area is 135 Å². The SMILES string of the molecule is O=C(O)[C@H]1CCC[C@H](C(=O)N2CCN(c3ncccn3)CC2)C1. The molecule has 0 spiro atoms. The van der Waals surface area contributed by atoms with Crippen LogP contribution in [0.5, 0.6) is 0 Å². The number of nitrogens with zero attached hydrogens (tertiary/aromatic N) is 4. The number of carboxylic acids is 1. The highest BCUT2D eigenvalue weighted by atomic mass is 16.4. The topological polar surface area (TPSA) is 86.6 Å². The zero-order valence-electron chi connectivity index (χ0n) is 13.1. The fraction of sp³-hybridized carbons (Fsp3) is 0.625. The number of piperazine rings is 1. The van der Waals surface area contributed by atoms with E-state index in [9.17, 15) is 9.59 Å². The Hall–Kier alpha value is -2.18. The van der Waals surface area contributed by atoms with Crippen LogP contribution in [0.4, 0.5) is 5.95 Å². The number of anilines is 1. The Morgan fingerprint density at radius 3 is 2.35 bits per heavy atom. The zero-order chi connectivity index (χ0) is 16.2. The summed E-state index contributed by atoms with van der Waals surface area (Å²) in [4.78, 5) is 36.2. The second-order valence-corrected chi connectivity index (χ2v) is 6.26. The summed E-state index contributed by atoms with van der Waals surface area (Å²) in [5, 5.41) is 9.16. The van der Waals surface area contributed by atoms with Crippen molar-refractivity contribution in [3.05, 3.63) is 18.5 Å². The van der Waals surface area contributed by atoms with Crippen LogP contribution >= 0.6 is 0 Å². The number of carbonyl (C=O) groups is 2. The third kappa shape index (κ3) is 3.60. The Balaban J connectivity index is 1.55. The van der Waals surface area contributed by atoms with Crippen LogP contribution in [0.1, 0.15) is 25.7 Å². The number of rotatable bonds is 3. The van der Waals surface area contributed by atoms with E-state index in [4.69, 9.17) is 5.11 Å². The molecule has 1 aliphatic carbocycles. The van der Waals surface area contributed by atoms with Gasteiger partial charge in [-0.2, -0.15) is 0 Å². The molecule has 1 aliphatic heterocycles. The average molecular weight is 318 g/mol. The number of aliphatic carboxylic acids is 1. The first-order valence-electron chi connectivity index (χ1n) is 8.18. The molecule has 3 rings (SSSR count). The third-order valence-electron chi connectivity index (χ3n) is 4.80. The van der Waals surface area contributed by atoms with E-state index in [0.29, 0.717) is 45.0 Å². The van der Waals surface area contributed by atoms with Crippen molar-refractivity contribution in [2.75, 3.05) is 31.1 Å². The second kappa shape index (κ2) is 6.93. The average Bonchev–Trinajstić information content (AvgIpc) is 2.62. The molecule has 124 valence electrons. The van der Waals surface area contributed by atoms with E-state index >= 15 is 0 Å². The first-order valence-corrected chi connectivity index (χ1v) is 8.18. The van der Waals surface area contributed by atoms with E-state index in [-0.39, 0.29) is 17.7 Å². The van der Waals surface area contributed by atoms with Gasteiger partial charge in [0.05, 0.1) is 5.92 Å². The first kappa shape index (κ1) is 15.7. The van der Waals surface area contributed by atoms with Gasteiger partial charge in [-0.05, 0) is 25.3 Å². The highest BCUT2D eigenvalue weighted by molar-refractivity contribution is 5.80. The van der Waals surface area contributed by atoms with Crippen molar-refractivity contribution in [1.82, 2.24) is 14.9 Å². The van der Waals surface area contributed by atoms with Gasteiger partial charge in [0.15, 0.2) is 0 Å². The number of amides is 1. The molecule has 1 aromatic rings. The normalized spacial score (nSPS) is 25.2. The lowest BCUT2D eigenvalue weighted by Gasteiger charge is -2.37. The van der Waals surface area contributed by atoms with Crippen LogP contribution in [-0.4, -0.2) is 58.0 Å². The lowest BCUT2D eigenvalue weighted by Crippen LogP contribution is -2.51. The molecule has 23 heavy (non-hydrogen) atoms. The summed E-state index contributed by atoms with van der Waals surface area (Å²) in [5.41, 5.74) is 0. The maximum Gasteiger partial charge on any atom is 0.306 e. The van der Waals surface area contributed by atoms with Crippen LogP contribution < -0.4 is 4.90 Å². The molecule has 7 nitrogen and oxygen atoms in total. The number of carbonyl (C=O) groups excluding carboxylic acids is 1. The standard InChI is InChI=1S/C16H22N4O3/c21-14(12-3-1-4-13(11-12)15(22)23)19-7-9-20(10-8-19)16-17-5-2-6-18-16/h2,5-6,12-13H,1,3-4,7-11H2,(H,22,23)/t12-,13-/m0/s1. The molecule has 1 N–H and O–H groups in total. The van der Waals surface area contributed by atoms with Gasteiger partial charge in [0.25, 0.3) is 0 Å². The van der Waals surface area contributed by atoms with Crippen LogP contribution in [0.2, 0.25) is 0 Å². The minimum atomic E-state index is -0.770. The molecule has 2 fully saturated rings. The van der Waals surface area contributed by atoms with Crippen LogP contribution in [0.3, 0.4) is 0 Å². The number of carboxylic acid groups (broad SMARTS) is 1. The lowest BCUT2D eigenvalue weighted by atomic mass is 9.80. The quantitative estimate of drug-likeness (QED) is 0.895. The van der Waals surface area contributed by atoms with Gasteiger partial charge >= 0.3 is 5.97 Å². The van der Waals surface area contributed by atoms with Crippen LogP contribution in [0.25, 0.3) is 0 Å². The van der Waals surface area contributed by atoms with E-state index in [1.165, 1.54) is 0 Å². The van der Waals surface area contributed by atoms with E-state index < -0.39 is 5.97 Å². The van der Waals surface area contributed by atoms with Crippen molar-refractivity contribution >= 4 is 17.8 Å². The molecule has 2 aliphatic rings. The monoisotopic (exact) mass is 318 g/mol. The second-order valence-electron chi connectivity index (χ2n) is 6.26. The van der Waals surface area contributed by atoms with E-state index in [1.54, 1.807) is 18.5 Å². The zero-order valence-corrected chi connectivity index (χ0v) is 13.1. The Kier molecular flexibility index (Phi) is 4.73. The van der Waals surface area contributed by atoms with Crippen molar-refractivity contribution in [1.29, 1.82) is 0 Å². The summed E-state index contributed by atoms with van der Waals surface area (Å²) >= 11 is 0. The van der Waals surface area contributed by atoms with Crippen molar-refractivity contribution < 1.29 is 14.7 Å². The number of hydrogen-bond donors (Lipinski definition) is 1. The lowest BCUT2D eigenvalue weighted by molar-refractivity contribution is -0.145. The fourth-order valence-electron chi connectivity index (χ4n) is 3.48. The predicted octanol–water partition coefficient (Wildman–Crippen LogP) is 1.02. The van der Waals surface area contributed by atoms with Crippen LogP contribution in [-0.2, 0) is 9.59 Å². The van der Waals surface area contributed by atoms with E-state index in [2.05, 4.69) is 14.9 Å². The molecule has 2 heterocycles. The first-order chi connectivity index (χ1) is 11.1. The summed E-state index contributed by atoms with van der Waals surface area (Å²) in [6.07, 6.45) is 6.24. The largest absolute Gasteiger partial charge is 0.481 e. The molecule has 7 heteroatoms. The highest BCUT2D eigenvalue weighted by Crippen LogP contribution is 2.30. The molecule has 2 atom stereocenters. The molecule has 1 aromatic heterocycles. The van der Waals surface area contributed by atoms with Gasteiger partial charge in [0.2, 0.25) is 11.9 Å². The van der Waals surface area contributed by atoms with Gasteiger partial charge in [0, 0.05) is 44.5 Å². The molecule has 1 amide bonds. The molecule has 0 aromatic carbocycles. The van der Waals surface area contributed by atoms with Crippen molar-refractivity contribution in [2.45, 2.75) is 25.7 Å². The Morgan fingerprint density at radius 2 is 1.70 bits per heavy atom. The molecular weight excluding hydrogens is 296 g/mol. The molecule has 0 unspecified atom stereocenters. The molecular formula is C16H22N4O3. The summed E-state index contributed by atoms with van der Waals surface area (Å²) in [6, 6.07) is 1.78. The maximum atomic E-state index is 12.6. The summed E-state index contributed by atoms with van der Waals surface area (Å²) in [5.74, 6) is -0.456. The maximum absolute atomic E-state index is 12.6. The summed E-state index contributed by atoms with van der Waals surface area (Å²) in [7, 11) is 0. The minimum Gasteiger partial charge on any atom is -0.481 e. The van der Waals surface area contributed by atoms with Crippen molar-refractivity contribution in [2.24, 2.45) is 11.8 Å². The van der Waals surface area contributed by atoms with Crippen molar-refractivity contribution in [3.8, 4) is 0 Å². The van der Waals surface area contributed by atoms with Gasteiger partial charge in [-0.15, -0.1) is 0 Å². The molecule has 1 saturated heterocycles. The smallest absolute Gasteiger partial charge is 0.306 e. The van der Waals surface area contributed by atoms with Gasteiger partial charge in [-0.1, -0.05) is 6.42 Å². The van der Waals surface area contributed by atoms with Crippen LogP contribution in [0, 0.1) is 11.8 Å².